The predicted molar refractivity (Wildman–Crippen MR) is 114 cm³/mol. The van der Waals surface area contributed by atoms with Crippen LogP contribution in [-0.4, -0.2) is 42.1 Å². The third-order valence-electron chi connectivity index (χ3n) is 5.69. The molecule has 5 heteroatoms. The summed E-state index contributed by atoms with van der Waals surface area (Å²) in [7, 11) is 2.00. The van der Waals surface area contributed by atoms with Crippen molar-refractivity contribution < 1.29 is 4.79 Å². The van der Waals surface area contributed by atoms with Crippen LogP contribution in [0.2, 0.25) is 0 Å². The van der Waals surface area contributed by atoms with Gasteiger partial charge in [0.05, 0.1) is 5.56 Å². The van der Waals surface area contributed by atoms with Crippen LogP contribution in [0.1, 0.15) is 46.6 Å². The summed E-state index contributed by atoms with van der Waals surface area (Å²) >= 11 is 0. The number of piperidine rings is 1. The summed E-state index contributed by atoms with van der Waals surface area (Å²) in [6, 6.07) is 12.5. The maximum atomic E-state index is 13.1. The van der Waals surface area contributed by atoms with E-state index in [4.69, 9.17) is 0 Å². The number of hydrogen-bond donors (Lipinski definition) is 1. The maximum Gasteiger partial charge on any atom is 0.255 e. The quantitative estimate of drug-likeness (QED) is 0.809. The lowest BCUT2D eigenvalue weighted by Gasteiger charge is -2.32. The van der Waals surface area contributed by atoms with E-state index in [1.807, 2.05) is 18.0 Å². The van der Waals surface area contributed by atoms with Gasteiger partial charge in [0.1, 0.15) is 0 Å². The molecule has 0 saturated carbocycles. The molecule has 4 nitrogen and oxygen atoms in total. The summed E-state index contributed by atoms with van der Waals surface area (Å²) in [5, 5.41) is 3.23. The monoisotopic (exact) mass is 389 g/mol. The van der Waals surface area contributed by atoms with Gasteiger partial charge in [-0.3, -0.25) is 4.79 Å². The fourth-order valence-electron chi connectivity index (χ4n) is 3.97. The smallest absolute Gasteiger partial charge is 0.255 e. The van der Waals surface area contributed by atoms with Crippen LogP contribution >= 0.6 is 12.4 Å². The number of rotatable bonds is 6. The Kier molecular flexibility index (Phi) is 7.93. The molecule has 1 fully saturated rings. The van der Waals surface area contributed by atoms with Crippen molar-refractivity contribution in [1.29, 1.82) is 0 Å². The van der Waals surface area contributed by atoms with Gasteiger partial charge in [-0.1, -0.05) is 30.3 Å². The first-order valence-electron chi connectivity index (χ1n) is 9.74. The van der Waals surface area contributed by atoms with Crippen LogP contribution in [0.3, 0.4) is 0 Å². The predicted octanol–water partition coefficient (Wildman–Crippen LogP) is 4.04. The number of aryl methyl sites for hydroxylation is 1. The fourth-order valence-corrected chi connectivity index (χ4v) is 3.97. The topological polar surface area (TPSA) is 37.3 Å². The highest BCUT2D eigenvalue weighted by Crippen LogP contribution is 2.24. The summed E-state index contributed by atoms with van der Waals surface area (Å²) < 4.78 is 2.25. The van der Waals surface area contributed by atoms with Crippen molar-refractivity contribution in [3.05, 3.63) is 58.9 Å². The minimum Gasteiger partial charge on any atom is -0.344 e. The molecule has 0 unspecified atom stereocenters. The molecule has 0 bridgehead atoms. The van der Waals surface area contributed by atoms with Gasteiger partial charge in [-0.05, 0) is 64.3 Å². The van der Waals surface area contributed by atoms with E-state index in [0.717, 1.165) is 61.9 Å². The average Bonchev–Trinajstić information content (AvgIpc) is 2.95. The highest BCUT2D eigenvalue weighted by Gasteiger charge is 2.26. The maximum absolute atomic E-state index is 13.1. The molecule has 27 heavy (non-hydrogen) atoms. The lowest BCUT2D eigenvalue weighted by atomic mass is 9.93. The number of carbonyl (C=O) groups excluding carboxylic acids is 1. The SMILES string of the molecule is CNCCC1CCN(C(=O)c2cc(C)n(Cc3ccccc3)c2C)CC1.Cl. The number of likely N-dealkylation sites (tertiary alicyclic amines) is 1. The van der Waals surface area contributed by atoms with E-state index in [9.17, 15) is 4.79 Å². The van der Waals surface area contributed by atoms with Gasteiger partial charge in [0.25, 0.3) is 5.91 Å². The second-order valence-electron chi connectivity index (χ2n) is 7.48. The molecule has 1 N–H and O–H groups in total. The number of nitrogens with one attached hydrogen (secondary N) is 1. The zero-order chi connectivity index (χ0) is 18.5. The standard InChI is InChI=1S/C22H31N3O.ClH/c1-17-15-21(18(2)25(17)16-20-7-5-4-6-8-20)22(26)24-13-10-19(11-14-24)9-12-23-3;/h4-8,15,19,23H,9-14,16H2,1-3H3;1H. The van der Waals surface area contributed by atoms with Crippen molar-refractivity contribution >= 4 is 18.3 Å². The minimum absolute atomic E-state index is 0. The lowest BCUT2D eigenvalue weighted by Crippen LogP contribution is -2.39. The summed E-state index contributed by atoms with van der Waals surface area (Å²) in [5.74, 6) is 0.946. The number of aromatic nitrogens is 1. The molecule has 0 radical (unpaired) electrons. The molecule has 2 heterocycles. The molecule has 1 aliphatic rings. The molecule has 2 aromatic rings. The van der Waals surface area contributed by atoms with Crippen LogP contribution in [0.15, 0.2) is 36.4 Å². The zero-order valence-electron chi connectivity index (χ0n) is 16.7. The molecule has 148 valence electrons. The van der Waals surface area contributed by atoms with E-state index >= 15 is 0 Å². The lowest BCUT2D eigenvalue weighted by molar-refractivity contribution is 0.0686. The molecule has 1 saturated heterocycles. The van der Waals surface area contributed by atoms with E-state index in [2.05, 4.69) is 54.1 Å². The number of nitrogens with zero attached hydrogens (tertiary/aromatic N) is 2. The van der Waals surface area contributed by atoms with Crippen LogP contribution in [0.5, 0.6) is 0 Å². The molecule has 1 amide bonds. The molecule has 1 aromatic heterocycles. The Labute approximate surface area is 169 Å². The van der Waals surface area contributed by atoms with Gasteiger partial charge in [-0.2, -0.15) is 0 Å². The molecule has 3 rings (SSSR count). The van der Waals surface area contributed by atoms with Crippen molar-refractivity contribution in [2.75, 3.05) is 26.7 Å². The number of halogens is 1. The Morgan fingerprint density at radius 2 is 1.81 bits per heavy atom. The molecule has 0 aliphatic carbocycles. The van der Waals surface area contributed by atoms with E-state index < -0.39 is 0 Å². The third-order valence-corrected chi connectivity index (χ3v) is 5.69. The summed E-state index contributed by atoms with van der Waals surface area (Å²) in [6.07, 6.45) is 3.45. The van der Waals surface area contributed by atoms with Gasteiger partial charge < -0.3 is 14.8 Å². The van der Waals surface area contributed by atoms with E-state index in [0.29, 0.717) is 0 Å². The molecule has 1 aliphatic heterocycles. The van der Waals surface area contributed by atoms with E-state index in [1.54, 1.807) is 0 Å². The van der Waals surface area contributed by atoms with Crippen LogP contribution < -0.4 is 5.32 Å². The highest BCUT2D eigenvalue weighted by molar-refractivity contribution is 5.95. The molecule has 1 aromatic carbocycles. The Bertz CT molecular complexity index is 734. The van der Waals surface area contributed by atoms with Crippen LogP contribution in [-0.2, 0) is 6.54 Å². The van der Waals surface area contributed by atoms with Crippen molar-refractivity contribution in [2.45, 2.75) is 39.7 Å². The molecular weight excluding hydrogens is 358 g/mol. The van der Waals surface area contributed by atoms with Gasteiger partial charge in [0, 0.05) is 31.0 Å². The summed E-state index contributed by atoms with van der Waals surface area (Å²) in [6.45, 7) is 7.82. The zero-order valence-corrected chi connectivity index (χ0v) is 17.5. The Morgan fingerprint density at radius 3 is 2.44 bits per heavy atom. The fraction of sp³-hybridized carbons (Fsp3) is 0.500. The van der Waals surface area contributed by atoms with Gasteiger partial charge in [0.2, 0.25) is 0 Å². The second-order valence-corrected chi connectivity index (χ2v) is 7.48. The summed E-state index contributed by atoms with van der Waals surface area (Å²) in [5.41, 5.74) is 4.36. The van der Waals surface area contributed by atoms with Gasteiger partial charge in [-0.25, -0.2) is 0 Å². The first kappa shape index (κ1) is 21.5. The van der Waals surface area contributed by atoms with Crippen molar-refractivity contribution in [3.63, 3.8) is 0 Å². The van der Waals surface area contributed by atoms with Gasteiger partial charge >= 0.3 is 0 Å². The second kappa shape index (κ2) is 9.95. The van der Waals surface area contributed by atoms with Crippen LogP contribution in [0.4, 0.5) is 0 Å². The van der Waals surface area contributed by atoms with Crippen LogP contribution in [0, 0.1) is 19.8 Å². The number of amides is 1. The van der Waals surface area contributed by atoms with E-state index in [-0.39, 0.29) is 18.3 Å². The molecular formula is C22H32ClN3O. The Morgan fingerprint density at radius 1 is 1.15 bits per heavy atom. The summed E-state index contributed by atoms with van der Waals surface area (Å²) in [4.78, 5) is 15.1. The van der Waals surface area contributed by atoms with Crippen molar-refractivity contribution in [1.82, 2.24) is 14.8 Å². The molecule has 0 atom stereocenters. The largest absolute Gasteiger partial charge is 0.344 e. The number of benzene rings is 1. The van der Waals surface area contributed by atoms with E-state index in [1.165, 1.54) is 12.0 Å². The van der Waals surface area contributed by atoms with Crippen LogP contribution in [0.25, 0.3) is 0 Å². The third kappa shape index (κ3) is 5.14. The first-order chi connectivity index (χ1) is 12.6. The average molecular weight is 390 g/mol. The Hall–Kier alpha value is -1.78. The number of hydrogen-bond acceptors (Lipinski definition) is 2. The Balaban J connectivity index is 0.00000261. The first-order valence-corrected chi connectivity index (χ1v) is 9.74. The molecule has 0 spiro atoms. The van der Waals surface area contributed by atoms with Crippen molar-refractivity contribution in [2.24, 2.45) is 5.92 Å². The van der Waals surface area contributed by atoms with Crippen molar-refractivity contribution in [3.8, 4) is 0 Å². The minimum atomic E-state index is 0. The number of carbonyl (C=O) groups is 1. The highest BCUT2D eigenvalue weighted by atomic mass is 35.5. The van der Waals surface area contributed by atoms with Gasteiger partial charge in [0.15, 0.2) is 0 Å². The normalized spacial score (nSPS) is 14.9. The van der Waals surface area contributed by atoms with Gasteiger partial charge in [-0.15, -0.1) is 12.4 Å².